The SMILES string of the molecule is Cc1c(F)cccc1C(=O)N(C#N)N(C(=O)c1ccccc1)C(C)(C)C. The first-order valence-electron chi connectivity index (χ1n) is 8.07. The summed E-state index contributed by atoms with van der Waals surface area (Å²) in [7, 11) is 0. The van der Waals surface area contributed by atoms with E-state index in [4.69, 9.17) is 0 Å². The summed E-state index contributed by atoms with van der Waals surface area (Å²) in [5.74, 6) is -1.81. The van der Waals surface area contributed by atoms with E-state index in [1.165, 1.54) is 25.1 Å². The first kappa shape index (κ1) is 19.1. The van der Waals surface area contributed by atoms with Crippen LogP contribution >= 0.6 is 0 Å². The van der Waals surface area contributed by atoms with Crippen molar-refractivity contribution >= 4 is 11.8 Å². The minimum Gasteiger partial charge on any atom is -0.267 e. The number of nitrogens with zero attached hydrogens (tertiary/aromatic N) is 3. The van der Waals surface area contributed by atoms with Crippen molar-refractivity contribution in [3.8, 4) is 6.19 Å². The number of hydrogen-bond donors (Lipinski definition) is 0. The number of nitriles is 1. The predicted octanol–water partition coefficient (Wildman–Crippen LogP) is 3.91. The summed E-state index contributed by atoms with van der Waals surface area (Å²) in [5, 5.41) is 11.4. The highest BCUT2D eigenvalue weighted by atomic mass is 19.1. The van der Waals surface area contributed by atoms with Gasteiger partial charge in [0.2, 0.25) is 6.19 Å². The molecular weight excluding hydrogens is 333 g/mol. The van der Waals surface area contributed by atoms with Crippen molar-refractivity contribution in [2.24, 2.45) is 0 Å². The Morgan fingerprint density at radius 2 is 1.62 bits per heavy atom. The van der Waals surface area contributed by atoms with Gasteiger partial charge < -0.3 is 0 Å². The van der Waals surface area contributed by atoms with E-state index in [0.29, 0.717) is 10.6 Å². The fourth-order valence-electron chi connectivity index (χ4n) is 2.53. The zero-order valence-electron chi connectivity index (χ0n) is 15.2. The van der Waals surface area contributed by atoms with Gasteiger partial charge in [-0.2, -0.15) is 5.26 Å². The van der Waals surface area contributed by atoms with E-state index in [0.717, 1.165) is 5.01 Å². The molecule has 0 radical (unpaired) electrons. The van der Waals surface area contributed by atoms with Gasteiger partial charge in [0.05, 0.1) is 5.54 Å². The molecule has 0 saturated carbocycles. The van der Waals surface area contributed by atoms with E-state index in [9.17, 15) is 19.2 Å². The molecule has 0 aromatic heterocycles. The molecule has 2 amide bonds. The van der Waals surface area contributed by atoms with E-state index in [1.807, 2.05) is 0 Å². The lowest BCUT2D eigenvalue weighted by Crippen LogP contribution is -2.56. The maximum atomic E-state index is 13.8. The molecule has 0 saturated heterocycles. The molecule has 0 atom stereocenters. The van der Waals surface area contributed by atoms with Crippen LogP contribution in [0.2, 0.25) is 0 Å². The summed E-state index contributed by atoms with van der Waals surface area (Å²) in [6.07, 6.45) is 1.77. The van der Waals surface area contributed by atoms with Gasteiger partial charge in [-0.3, -0.25) is 9.59 Å². The zero-order valence-corrected chi connectivity index (χ0v) is 15.2. The Hall–Kier alpha value is -3.20. The first-order chi connectivity index (χ1) is 12.2. The zero-order chi connectivity index (χ0) is 19.5. The predicted molar refractivity (Wildman–Crippen MR) is 95.3 cm³/mol. The third kappa shape index (κ3) is 3.72. The van der Waals surface area contributed by atoms with E-state index in [-0.39, 0.29) is 11.1 Å². The Morgan fingerprint density at radius 3 is 2.15 bits per heavy atom. The van der Waals surface area contributed by atoms with Gasteiger partial charge in [-0.25, -0.2) is 9.40 Å². The van der Waals surface area contributed by atoms with Gasteiger partial charge in [0, 0.05) is 11.1 Å². The van der Waals surface area contributed by atoms with Crippen molar-refractivity contribution in [2.45, 2.75) is 33.2 Å². The molecule has 0 N–H and O–H groups in total. The van der Waals surface area contributed by atoms with Crippen molar-refractivity contribution in [1.82, 2.24) is 10.0 Å². The van der Waals surface area contributed by atoms with Crippen LogP contribution < -0.4 is 0 Å². The largest absolute Gasteiger partial charge is 0.286 e. The van der Waals surface area contributed by atoms with Crippen molar-refractivity contribution in [3.63, 3.8) is 0 Å². The molecule has 2 aromatic carbocycles. The molecule has 0 spiro atoms. The molecular formula is C20H20FN3O2. The smallest absolute Gasteiger partial charge is 0.267 e. The third-order valence-electron chi connectivity index (χ3n) is 3.83. The van der Waals surface area contributed by atoms with Crippen LogP contribution in [0.3, 0.4) is 0 Å². The summed E-state index contributed by atoms with van der Waals surface area (Å²) in [5.41, 5.74) is -0.369. The highest BCUT2D eigenvalue weighted by molar-refractivity contribution is 6.00. The van der Waals surface area contributed by atoms with Gasteiger partial charge in [-0.1, -0.05) is 24.3 Å². The Morgan fingerprint density at radius 1 is 1.00 bits per heavy atom. The molecule has 0 heterocycles. The lowest BCUT2D eigenvalue weighted by atomic mass is 10.0. The third-order valence-corrected chi connectivity index (χ3v) is 3.83. The summed E-state index contributed by atoms with van der Waals surface area (Å²) in [6.45, 7) is 6.59. The molecule has 0 unspecified atom stereocenters. The minimum absolute atomic E-state index is 0.0293. The number of carbonyl (C=O) groups is 2. The van der Waals surface area contributed by atoms with Gasteiger partial charge in [-0.15, -0.1) is 5.01 Å². The van der Waals surface area contributed by atoms with Crippen LogP contribution in [0.5, 0.6) is 0 Å². The number of benzene rings is 2. The van der Waals surface area contributed by atoms with Crippen molar-refractivity contribution < 1.29 is 14.0 Å². The van der Waals surface area contributed by atoms with Crippen molar-refractivity contribution in [1.29, 1.82) is 5.26 Å². The summed E-state index contributed by atoms with van der Waals surface area (Å²) < 4.78 is 13.8. The van der Waals surface area contributed by atoms with E-state index >= 15 is 0 Å². The number of hydrogen-bond acceptors (Lipinski definition) is 3. The van der Waals surface area contributed by atoms with E-state index in [2.05, 4.69) is 0 Å². The molecule has 0 aliphatic rings. The van der Waals surface area contributed by atoms with Crippen LogP contribution in [0, 0.1) is 24.2 Å². The van der Waals surface area contributed by atoms with E-state index in [1.54, 1.807) is 57.3 Å². The molecule has 0 aliphatic heterocycles. The normalized spacial score (nSPS) is 10.8. The topological polar surface area (TPSA) is 64.4 Å². The van der Waals surface area contributed by atoms with Crippen LogP contribution in [0.25, 0.3) is 0 Å². The van der Waals surface area contributed by atoms with E-state index < -0.39 is 23.2 Å². The van der Waals surface area contributed by atoms with Crippen LogP contribution in [-0.4, -0.2) is 27.4 Å². The number of carbonyl (C=O) groups excluding carboxylic acids is 2. The molecule has 5 nitrogen and oxygen atoms in total. The number of rotatable bonds is 2. The van der Waals surface area contributed by atoms with Crippen LogP contribution in [0.15, 0.2) is 48.5 Å². The molecule has 6 heteroatoms. The van der Waals surface area contributed by atoms with Crippen LogP contribution in [-0.2, 0) is 0 Å². The Balaban J connectivity index is 2.52. The average Bonchev–Trinajstić information content (AvgIpc) is 2.60. The second kappa shape index (κ2) is 7.36. The molecule has 2 aromatic rings. The second-order valence-corrected chi connectivity index (χ2v) is 6.78. The van der Waals surface area contributed by atoms with Crippen LogP contribution in [0.1, 0.15) is 47.1 Å². The molecule has 2 rings (SSSR count). The number of amides is 2. The fourth-order valence-corrected chi connectivity index (χ4v) is 2.53. The quantitative estimate of drug-likeness (QED) is 0.467. The summed E-state index contributed by atoms with van der Waals surface area (Å²) in [4.78, 5) is 25.9. The van der Waals surface area contributed by atoms with Gasteiger partial charge in [-0.05, 0) is 57.5 Å². The standard InChI is InChI=1S/C20H20FN3O2/c1-14-16(11-8-12-17(14)21)19(26)23(13-22)24(20(2,3)4)18(25)15-9-6-5-7-10-15/h5-12H,1-4H3. The Labute approximate surface area is 152 Å². The molecule has 0 fully saturated rings. The fraction of sp³-hybridized carbons (Fsp3) is 0.250. The highest BCUT2D eigenvalue weighted by Gasteiger charge is 2.37. The van der Waals surface area contributed by atoms with Gasteiger partial charge in [0.25, 0.3) is 11.8 Å². The molecule has 0 aliphatic carbocycles. The Kier molecular flexibility index (Phi) is 5.41. The maximum absolute atomic E-state index is 13.8. The number of halogens is 1. The van der Waals surface area contributed by atoms with Gasteiger partial charge >= 0.3 is 0 Å². The van der Waals surface area contributed by atoms with Gasteiger partial charge in [0.15, 0.2) is 0 Å². The lowest BCUT2D eigenvalue weighted by molar-refractivity contribution is -0.0167. The first-order valence-corrected chi connectivity index (χ1v) is 8.07. The van der Waals surface area contributed by atoms with Crippen LogP contribution in [0.4, 0.5) is 4.39 Å². The van der Waals surface area contributed by atoms with Crippen molar-refractivity contribution in [2.75, 3.05) is 0 Å². The minimum atomic E-state index is -0.862. The average molecular weight is 353 g/mol. The Bertz CT molecular complexity index is 867. The monoisotopic (exact) mass is 353 g/mol. The second-order valence-electron chi connectivity index (χ2n) is 6.78. The summed E-state index contributed by atoms with van der Waals surface area (Å²) >= 11 is 0. The molecule has 26 heavy (non-hydrogen) atoms. The van der Waals surface area contributed by atoms with Gasteiger partial charge in [0.1, 0.15) is 5.82 Å². The molecule has 0 bridgehead atoms. The molecule has 134 valence electrons. The van der Waals surface area contributed by atoms with Crippen molar-refractivity contribution in [3.05, 3.63) is 71.0 Å². The maximum Gasteiger partial charge on any atom is 0.286 e. The summed E-state index contributed by atoms with van der Waals surface area (Å²) in [6, 6.07) is 12.4. The highest BCUT2D eigenvalue weighted by Crippen LogP contribution is 2.23. The number of hydrazine groups is 1. The lowest BCUT2D eigenvalue weighted by Gasteiger charge is -2.39.